The van der Waals surface area contributed by atoms with Crippen molar-refractivity contribution in [2.75, 3.05) is 0 Å². The molecule has 0 radical (unpaired) electrons. The van der Waals surface area contributed by atoms with Gasteiger partial charge < -0.3 is 4.57 Å². The van der Waals surface area contributed by atoms with Crippen LogP contribution in [0.2, 0.25) is 0 Å². The van der Waals surface area contributed by atoms with Crippen LogP contribution in [-0.2, 0) is 12.3 Å². The first-order chi connectivity index (χ1) is 11.4. The largest absolute Gasteiger partial charge is 0.319 e. The van der Waals surface area contributed by atoms with Gasteiger partial charge in [0.1, 0.15) is 0 Å². The fraction of sp³-hybridized carbons (Fsp3) is 0.350. The number of aryl methyl sites for hydroxylation is 1. The summed E-state index contributed by atoms with van der Waals surface area (Å²) in [7, 11) is 0. The van der Waals surface area contributed by atoms with Gasteiger partial charge in [0, 0.05) is 12.3 Å². The number of unbranched alkanes of at least 4 members (excludes halogenated alkanes) is 3. The summed E-state index contributed by atoms with van der Waals surface area (Å²) < 4.78 is 2.40. The fourth-order valence-corrected chi connectivity index (χ4v) is 3.80. The zero-order valence-corrected chi connectivity index (χ0v) is 16.7. The zero-order chi connectivity index (χ0) is 15.9. The van der Waals surface area contributed by atoms with E-state index in [0.29, 0.717) is 0 Å². The third-order valence-electron chi connectivity index (χ3n) is 4.07. The highest BCUT2D eigenvalue weighted by Gasteiger charge is 2.10. The molecule has 24 heavy (non-hydrogen) atoms. The molecule has 3 rings (SSSR count). The number of halogens is 1. The van der Waals surface area contributed by atoms with E-state index in [0.717, 1.165) is 23.0 Å². The van der Waals surface area contributed by atoms with Crippen LogP contribution in [0.25, 0.3) is 11.0 Å². The minimum absolute atomic E-state index is 0. The lowest BCUT2D eigenvalue weighted by molar-refractivity contribution is 0.563. The number of benzene rings is 2. The molecule has 0 unspecified atom stereocenters. The van der Waals surface area contributed by atoms with Gasteiger partial charge in [0.15, 0.2) is 5.16 Å². The molecule has 4 heteroatoms. The second kappa shape index (κ2) is 9.90. The third kappa shape index (κ3) is 4.87. The van der Waals surface area contributed by atoms with Gasteiger partial charge in [-0.05, 0) is 24.1 Å². The number of thioether (sulfide) groups is 1. The summed E-state index contributed by atoms with van der Waals surface area (Å²) in [6.45, 7) is 3.32. The first-order valence-electron chi connectivity index (χ1n) is 8.50. The molecule has 0 atom stereocenters. The molecular formula is C20H25BrN2S. The van der Waals surface area contributed by atoms with Gasteiger partial charge in [-0.25, -0.2) is 4.98 Å². The number of hydrogen-bond donors (Lipinski definition) is 0. The molecule has 1 aromatic heterocycles. The van der Waals surface area contributed by atoms with Crippen molar-refractivity contribution in [3.63, 3.8) is 0 Å². The third-order valence-corrected chi connectivity index (χ3v) is 5.11. The Labute approximate surface area is 159 Å². The van der Waals surface area contributed by atoms with E-state index in [1.165, 1.54) is 36.8 Å². The van der Waals surface area contributed by atoms with Crippen molar-refractivity contribution in [1.29, 1.82) is 0 Å². The Kier molecular flexibility index (Phi) is 7.86. The van der Waals surface area contributed by atoms with Crippen LogP contribution in [0, 0.1) is 0 Å². The molecule has 0 spiro atoms. The highest BCUT2D eigenvalue weighted by Crippen LogP contribution is 2.27. The summed E-state index contributed by atoms with van der Waals surface area (Å²) in [5, 5.41) is 1.14. The van der Waals surface area contributed by atoms with Crippen molar-refractivity contribution in [2.45, 2.75) is 50.1 Å². The van der Waals surface area contributed by atoms with Gasteiger partial charge in [0.25, 0.3) is 0 Å². The van der Waals surface area contributed by atoms with E-state index in [-0.39, 0.29) is 17.0 Å². The second-order valence-corrected chi connectivity index (χ2v) is 6.81. The lowest BCUT2D eigenvalue weighted by atomic mass is 10.2. The molecule has 0 N–H and O–H groups in total. The molecule has 3 aromatic rings. The Hall–Kier alpha value is -1.26. The molecule has 0 aliphatic carbocycles. The molecule has 0 amide bonds. The van der Waals surface area contributed by atoms with Crippen LogP contribution in [-0.4, -0.2) is 9.55 Å². The van der Waals surface area contributed by atoms with Crippen molar-refractivity contribution in [3.05, 3.63) is 60.2 Å². The number of fused-ring (bicyclic) bond motifs is 1. The Morgan fingerprint density at radius 2 is 1.67 bits per heavy atom. The molecule has 2 aromatic carbocycles. The number of rotatable bonds is 8. The molecule has 0 aliphatic heterocycles. The normalized spacial score (nSPS) is 10.7. The maximum Gasteiger partial charge on any atom is 0.169 e. The lowest BCUT2D eigenvalue weighted by Gasteiger charge is -2.09. The van der Waals surface area contributed by atoms with E-state index >= 15 is 0 Å². The topological polar surface area (TPSA) is 17.8 Å². The minimum Gasteiger partial charge on any atom is -0.319 e. The predicted molar refractivity (Wildman–Crippen MR) is 110 cm³/mol. The summed E-state index contributed by atoms with van der Waals surface area (Å²) in [4.78, 5) is 4.85. The van der Waals surface area contributed by atoms with Crippen LogP contribution >= 0.6 is 28.7 Å². The van der Waals surface area contributed by atoms with Crippen LogP contribution in [0.3, 0.4) is 0 Å². The van der Waals surface area contributed by atoms with Crippen LogP contribution in [0.5, 0.6) is 0 Å². The van der Waals surface area contributed by atoms with E-state index in [4.69, 9.17) is 4.98 Å². The number of hydrogen-bond acceptors (Lipinski definition) is 2. The first kappa shape index (κ1) is 19.1. The van der Waals surface area contributed by atoms with Crippen molar-refractivity contribution >= 4 is 39.8 Å². The zero-order valence-electron chi connectivity index (χ0n) is 14.1. The first-order valence-corrected chi connectivity index (χ1v) is 9.49. The Morgan fingerprint density at radius 3 is 2.46 bits per heavy atom. The van der Waals surface area contributed by atoms with Gasteiger partial charge in [-0.1, -0.05) is 80.4 Å². The lowest BCUT2D eigenvalue weighted by Crippen LogP contribution is -2.00. The molecular weight excluding hydrogens is 380 g/mol. The maximum atomic E-state index is 4.85. The standard InChI is InChI=1S/C20H24N2S.BrH/c1-2-3-4-10-15-22-19-14-9-8-13-18(19)21-20(22)23-16-17-11-6-5-7-12-17;/h5-9,11-14H,2-4,10,15-16H2,1H3;1H. The molecule has 1 heterocycles. The fourth-order valence-electron chi connectivity index (χ4n) is 2.80. The Balaban J connectivity index is 0.00000208. The van der Waals surface area contributed by atoms with E-state index in [1.54, 1.807) is 0 Å². The average Bonchev–Trinajstić information content (AvgIpc) is 2.95. The predicted octanol–water partition coefficient (Wildman–Crippen LogP) is 6.49. The van der Waals surface area contributed by atoms with Crippen molar-refractivity contribution < 1.29 is 0 Å². The second-order valence-electron chi connectivity index (χ2n) is 5.87. The summed E-state index contributed by atoms with van der Waals surface area (Å²) in [5.41, 5.74) is 3.72. The van der Waals surface area contributed by atoms with Crippen LogP contribution in [0.1, 0.15) is 38.2 Å². The van der Waals surface area contributed by atoms with Crippen molar-refractivity contribution in [1.82, 2.24) is 9.55 Å². The molecule has 0 saturated heterocycles. The summed E-state index contributed by atoms with van der Waals surface area (Å²) in [6, 6.07) is 19.1. The Bertz CT molecular complexity index is 740. The van der Waals surface area contributed by atoms with Gasteiger partial charge >= 0.3 is 0 Å². The summed E-state index contributed by atoms with van der Waals surface area (Å²) >= 11 is 1.84. The smallest absolute Gasteiger partial charge is 0.169 e. The van der Waals surface area contributed by atoms with Gasteiger partial charge in [-0.2, -0.15) is 0 Å². The van der Waals surface area contributed by atoms with Crippen LogP contribution in [0.4, 0.5) is 0 Å². The van der Waals surface area contributed by atoms with Gasteiger partial charge in [0.05, 0.1) is 11.0 Å². The molecule has 0 aliphatic rings. The molecule has 0 fully saturated rings. The Morgan fingerprint density at radius 1 is 0.917 bits per heavy atom. The monoisotopic (exact) mass is 404 g/mol. The van der Waals surface area contributed by atoms with Crippen LogP contribution in [0.15, 0.2) is 59.8 Å². The van der Waals surface area contributed by atoms with Crippen molar-refractivity contribution in [2.24, 2.45) is 0 Å². The quantitative estimate of drug-likeness (QED) is 0.315. The summed E-state index contributed by atoms with van der Waals surface area (Å²) in [6.07, 6.45) is 5.12. The van der Waals surface area contributed by atoms with Gasteiger partial charge in [0.2, 0.25) is 0 Å². The summed E-state index contributed by atoms with van der Waals surface area (Å²) in [5.74, 6) is 0.971. The maximum absolute atomic E-state index is 4.85. The van der Waals surface area contributed by atoms with Crippen molar-refractivity contribution in [3.8, 4) is 0 Å². The number of nitrogens with zero attached hydrogens (tertiary/aromatic N) is 2. The van der Waals surface area contributed by atoms with Gasteiger partial charge in [-0.15, -0.1) is 17.0 Å². The highest BCUT2D eigenvalue weighted by molar-refractivity contribution is 8.93. The average molecular weight is 405 g/mol. The number of aromatic nitrogens is 2. The number of para-hydroxylation sites is 2. The molecule has 128 valence electrons. The molecule has 0 bridgehead atoms. The minimum atomic E-state index is 0. The van der Waals surface area contributed by atoms with E-state index in [1.807, 2.05) is 11.8 Å². The highest BCUT2D eigenvalue weighted by atomic mass is 79.9. The van der Waals surface area contributed by atoms with E-state index in [9.17, 15) is 0 Å². The number of imidazole rings is 1. The SMILES string of the molecule is Br.CCCCCCn1c(SCc2ccccc2)nc2ccccc21. The van der Waals surface area contributed by atoms with E-state index in [2.05, 4.69) is 66.1 Å². The van der Waals surface area contributed by atoms with Crippen LogP contribution < -0.4 is 0 Å². The molecule has 0 saturated carbocycles. The van der Waals surface area contributed by atoms with E-state index < -0.39 is 0 Å². The molecule has 2 nitrogen and oxygen atoms in total. The van der Waals surface area contributed by atoms with Gasteiger partial charge in [-0.3, -0.25) is 0 Å².